The molecule has 3 unspecified atom stereocenters. The van der Waals surface area contributed by atoms with Crippen molar-refractivity contribution < 1.29 is 23.5 Å². The fraction of sp³-hybridized carbons (Fsp3) is 0.250. The highest BCUT2D eigenvalue weighted by Crippen LogP contribution is 2.47. The lowest BCUT2D eigenvalue weighted by atomic mass is 9.78. The van der Waals surface area contributed by atoms with E-state index in [0.29, 0.717) is 18.5 Å². The number of nitrogens with zero attached hydrogens (tertiary/aromatic N) is 1. The van der Waals surface area contributed by atoms with Gasteiger partial charge in [-0.25, -0.2) is 9.18 Å². The van der Waals surface area contributed by atoms with Gasteiger partial charge in [-0.2, -0.15) is 0 Å². The van der Waals surface area contributed by atoms with Crippen molar-refractivity contribution in [1.82, 2.24) is 4.90 Å². The Morgan fingerprint density at radius 2 is 1.73 bits per heavy atom. The summed E-state index contributed by atoms with van der Waals surface area (Å²) in [5, 5.41) is 6.29. The zero-order chi connectivity index (χ0) is 28.3. The molecule has 8 heteroatoms. The molecule has 5 rings (SSSR count). The van der Waals surface area contributed by atoms with Gasteiger partial charge in [0.25, 0.3) is 5.91 Å². The van der Waals surface area contributed by atoms with Crippen LogP contribution in [-0.4, -0.2) is 55.7 Å². The first-order valence-electron chi connectivity index (χ1n) is 13.1. The third kappa shape index (κ3) is 5.41. The van der Waals surface area contributed by atoms with Crippen molar-refractivity contribution in [1.29, 1.82) is 0 Å². The van der Waals surface area contributed by atoms with Gasteiger partial charge < -0.3 is 25.0 Å². The standard InChI is InChI=1S/C32H32FN3O4/c1-36(2)20-22-14-15-24(19-25(22)33)35-30(37)28-26-16-17-32(40-26,29(28)31(38)39-3)27(18-21-10-6-4-7-11-21)34-23-12-8-5-9-13-23/h4-17,19,26-27,34H,18,20H2,1-3H3,(H,35,37). The lowest BCUT2D eigenvalue weighted by Crippen LogP contribution is -2.49. The SMILES string of the molecule is COC(=O)C1=C(C(=O)Nc2ccc(CN(C)C)c(F)c2)C2C=CC1(C(Cc1ccccc1)Nc1ccccc1)O2. The highest BCUT2D eigenvalue weighted by atomic mass is 19.1. The van der Waals surface area contributed by atoms with Crippen molar-refractivity contribution in [3.8, 4) is 0 Å². The first-order valence-corrected chi connectivity index (χ1v) is 13.1. The number of anilines is 2. The molecule has 206 valence electrons. The fourth-order valence-corrected chi connectivity index (χ4v) is 5.34. The Hall–Kier alpha value is -4.27. The Bertz CT molecular complexity index is 1410. The molecule has 0 aliphatic carbocycles. The number of hydrogen-bond donors (Lipinski definition) is 2. The number of para-hydroxylation sites is 1. The maximum atomic E-state index is 14.7. The molecule has 1 amide bonds. The molecule has 0 spiro atoms. The van der Waals surface area contributed by atoms with Gasteiger partial charge >= 0.3 is 5.97 Å². The summed E-state index contributed by atoms with van der Waals surface area (Å²) in [6, 6.07) is 23.6. The normalized spacial score (nSPS) is 20.1. The van der Waals surface area contributed by atoms with Crippen LogP contribution >= 0.6 is 0 Å². The number of benzene rings is 3. The third-order valence-electron chi connectivity index (χ3n) is 7.13. The molecule has 40 heavy (non-hydrogen) atoms. The number of fused-ring (bicyclic) bond motifs is 2. The van der Waals surface area contributed by atoms with Gasteiger partial charge in [0.05, 0.1) is 24.3 Å². The molecule has 2 N–H and O–H groups in total. The van der Waals surface area contributed by atoms with Crippen LogP contribution in [0, 0.1) is 5.82 Å². The van der Waals surface area contributed by atoms with E-state index < -0.39 is 35.4 Å². The molecule has 2 bridgehead atoms. The minimum atomic E-state index is -1.27. The van der Waals surface area contributed by atoms with Crippen LogP contribution in [-0.2, 0) is 32.0 Å². The van der Waals surface area contributed by atoms with E-state index in [4.69, 9.17) is 9.47 Å². The minimum Gasteiger partial charge on any atom is -0.466 e. The number of hydrogen-bond acceptors (Lipinski definition) is 6. The minimum absolute atomic E-state index is 0.133. The van der Waals surface area contributed by atoms with Gasteiger partial charge in [0.15, 0.2) is 0 Å². The van der Waals surface area contributed by atoms with Gasteiger partial charge in [0.1, 0.15) is 17.5 Å². The number of ether oxygens (including phenoxy) is 2. The van der Waals surface area contributed by atoms with Crippen LogP contribution in [0.4, 0.5) is 15.8 Å². The van der Waals surface area contributed by atoms with Crippen LogP contribution < -0.4 is 10.6 Å². The lowest BCUT2D eigenvalue weighted by Gasteiger charge is -2.36. The Balaban J connectivity index is 1.52. The average molecular weight is 542 g/mol. The molecule has 0 aromatic heterocycles. The second-order valence-electron chi connectivity index (χ2n) is 10.2. The predicted octanol–water partition coefficient (Wildman–Crippen LogP) is 4.73. The number of nitrogens with one attached hydrogen (secondary N) is 2. The van der Waals surface area contributed by atoms with Crippen LogP contribution in [0.3, 0.4) is 0 Å². The summed E-state index contributed by atoms with van der Waals surface area (Å²) >= 11 is 0. The third-order valence-corrected chi connectivity index (χ3v) is 7.13. The van der Waals surface area contributed by atoms with E-state index >= 15 is 0 Å². The first-order chi connectivity index (χ1) is 19.3. The molecule has 3 aromatic carbocycles. The van der Waals surface area contributed by atoms with E-state index in [1.807, 2.05) is 85.7 Å². The summed E-state index contributed by atoms with van der Waals surface area (Å²) in [5.74, 6) is -1.63. The topological polar surface area (TPSA) is 79.9 Å². The molecule has 0 saturated heterocycles. The van der Waals surface area contributed by atoms with Gasteiger partial charge in [-0.1, -0.05) is 60.7 Å². The monoisotopic (exact) mass is 541 g/mol. The molecule has 0 fully saturated rings. The molecule has 2 aliphatic heterocycles. The van der Waals surface area contributed by atoms with Gasteiger partial charge in [-0.15, -0.1) is 0 Å². The van der Waals surface area contributed by atoms with Crippen LogP contribution in [0.25, 0.3) is 0 Å². The van der Waals surface area contributed by atoms with Crippen molar-refractivity contribution in [2.24, 2.45) is 0 Å². The zero-order valence-corrected chi connectivity index (χ0v) is 22.7. The molecule has 0 saturated carbocycles. The Kier molecular flexibility index (Phi) is 7.82. The lowest BCUT2D eigenvalue weighted by molar-refractivity contribution is -0.138. The van der Waals surface area contributed by atoms with Gasteiger partial charge in [-0.3, -0.25) is 4.79 Å². The van der Waals surface area contributed by atoms with E-state index in [2.05, 4.69) is 10.6 Å². The summed E-state index contributed by atoms with van der Waals surface area (Å²) in [5.41, 5.74) is 1.68. The number of amides is 1. The van der Waals surface area contributed by atoms with Gasteiger partial charge in [-0.05, 0) is 56.4 Å². The zero-order valence-electron chi connectivity index (χ0n) is 22.7. The van der Waals surface area contributed by atoms with Crippen molar-refractivity contribution in [2.45, 2.75) is 30.7 Å². The number of halogens is 1. The van der Waals surface area contributed by atoms with E-state index in [1.165, 1.54) is 13.2 Å². The highest BCUT2D eigenvalue weighted by molar-refractivity contribution is 6.12. The quantitative estimate of drug-likeness (QED) is 0.286. The predicted molar refractivity (Wildman–Crippen MR) is 152 cm³/mol. The molecule has 3 aromatic rings. The van der Waals surface area contributed by atoms with E-state index in [9.17, 15) is 14.0 Å². The second-order valence-corrected chi connectivity index (χ2v) is 10.2. The molecular weight excluding hydrogens is 509 g/mol. The van der Waals surface area contributed by atoms with Crippen molar-refractivity contribution in [3.63, 3.8) is 0 Å². The van der Waals surface area contributed by atoms with E-state index in [-0.39, 0.29) is 16.8 Å². The Labute approximate surface area is 233 Å². The Morgan fingerprint density at radius 3 is 2.38 bits per heavy atom. The molecule has 2 heterocycles. The summed E-state index contributed by atoms with van der Waals surface area (Å²) in [6.07, 6.45) is 3.36. The van der Waals surface area contributed by atoms with Gasteiger partial charge in [0, 0.05) is 23.5 Å². The maximum Gasteiger partial charge on any atom is 0.337 e. The van der Waals surface area contributed by atoms with Crippen LogP contribution in [0.15, 0.2) is 102 Å². The summed E-state index contributed by atoms with van der Waals surface area (Å²) in [4.78, 5) is 28.8. The van der Waals surface area contributed by atoms with Crippen molar-refractivity contribution >= 4 is 23.3 Å². The van der Waals surface area contributed by atoms with E-state index in [1.54, 1.807) is 18.2 Å². The molecule has 0 radical (unpaired) electrons. The smallest absolute Gasteiger partial charge is 0.337 e. The number of esters is 1. The first kappa shape index (κ1) is 27.3. The Morgan fingerprint density at radius 1 is 1.02 bits per heavy atom. The van der Waals surface area contributed by atoms with Crippen LogP contribution in [0.1, 0.15) is 11.1 Å². The second kappa shape index (κ2) is 11.5. The summed E-state index contributed by atoms with van der Waals surface area (Å²) in [6.45, 7) is 0.429. The van der Waals surface area contributed by atoms with Crippen molar-refractivity contribution in [2.75, 3.05) is 31.8 Å². The van der Waals surface area contributed by atoms with E-state index in [0.717, 1.165) is 11.3 Å². The number of methoxy groups -OCH3 is 1. The fourth-order valence-electron chi connectivity index (χ4n) is 5.34. The number of rotatable bonds is 10. The molecule has 3 atom stereocenters. The number of carbonyl (C=O) groups excluding carboxylic acids is 2. The maximum absolute atomic E-state index is 14.7. The average Bonchev–Trinajstić information content (AvgIpc) is 3.53. The summed E-state index contributed by atoms with van der Waals surface area (Å²) < 4.78 is 26.4. The van der Waals surface area contributed by atoms with Crippen molar-refractivity contribution in [3.05, 3.63) is 119 Å². The molecular formula is C32H32FN3O4. The van der Waals surface area contributed by atoms with Crippen LogP contribution in [0.5, 0.6) is 0 Å². The van der Waals surface area contributed by atoms with Gasteiger partial charge in [0.2, 0.25) is 0 Å². The largest absolute Gasteiger partial charge is 0.466 e. The van der Waals surface area contributed by atoms with Crippen LogP contribution in [0.2, 0.25) is 0 Å². The molecule has 7 nitrogen and oxygen atoms in total. The number of carbonyl (C=O) groups is 2. The summed E-state index contributed by atoms with van der Waals surface area (Å²) in [7, 11) is 4.99. The molecule has 2 aliphatic rings. The highest BCUT2D eigenvalue weighted by Gasteiger charge is 2.58.